The predicted octanol–water partition coefficient (Wildman–Crippen LogP) is 1.80. The van der Waals surface area contributed by atoms with E-state index in [4.69, 9.17) is 4.74 Å². The Hall–Kier alpha value is -0.0800. The Labute approximate surface area is 81.0 Å². The highest BCUT2D eigenvalue weighted by atomic mass is 16.5. The molecule has 1 N–H and O–H groups in total. The molecule has 13 heavy (non-hydrogen) atoms. The molecule has 1 aliphatic carbocycles. The first-order valence-corrected chi connectivity index (χ1v) is 5.66. The van der Waals surface area contributed by atoms with Crippen LogP contribution in [0.4, 0.5) is 0 Å². The number of rotatable bonds is 4. The standard InChI is InChI=1S/C11H21NO/c1-2-12-8-11(6-7-13-9-11)10-4-3-5-10/h10,12H,2-9H2,1H3. The number of ether oxygens (including phenoxy) is 1. The lowest BCUT2D eigenvalue weighted by atomic mass is 9.64. The average molecular weight is 183 g/mol. The molecule has 1 aliphatic heterocycles. The van der Waals surface area contributed by atoms with Crippen LogP contribution >= 0.6 is 0 Å². The van der Waals surface area contributed by atoms with Crippen molar-refractivity contribution in [3.63, 3.8) is 0 Å². The maximum Gasteiger partial charge on any atom is 0.0538 e. The van der Waals surface area contributed by atoms with Gasteiger partial charge in [0.15, 0.2) is 0 Å². The van der Waals surface area contributed by atoms with E-state index in [0.717, 1.165) is 25.7 Å². The van der Waals surface area contributed by atoms with Gasteiger partial charge in [-0.1, -0.05) is 13.3 Å². The second-order valence-corrected chi connectivity index (χ2v) is 4.57. The summed E-state index contributed by atoms with van der Waals surface area (Å²) in [6.45, 7) is 6.44. The van der Waals surface area contributed by atoms with Gasteiger partial charge in [0, 0.05) is 18.6 Å². The highest BCUT2D eigenvalue weighted by molar-refractivity contribution is 4.94. The van der Waals surface area contributed by atoms with Crippen molar-refractivity contribution in [1.29, 1.82) is 0 Å². The minimum Gasteiger partial charge on any atom is -0.381 e. The molecule has 2 fully saturated rings. The number of hydrogen-bond acceptors (Lipinski definition) is 2. The minimum atomic E-state index is 0.508. The van der Waals surface area contributed by atoms with Gasteiger partial charge in [-0.3, -0.25) is 0 Å². The molecule has 1 unspecified atom stereocenters. The van der Waals surface area contributed by atoms with Crippen molar-refractivity contribution >= 4 is 0 Å². The molecule has 2 heteroatoms. The Morgan fingerprint density at radius 2 is 2.31 bits per heavy atom. The van der Waals surface area contributed by atoms with E-state index < -0.39 is 0 Å². The Balaban J connectivity index is 1.92. The minimum absolute atomic E-state index is 0.508. The summed E-state index contributed by atoms with van der Waals surface area (Å²) in [5.41, 5.74) is 0.508. The second-order valence-electron chi connectivity index (χ2n) is 4.57. The third-order valence-electron chi connectivity index (χ3n) is 3.83. The van der Waals surface area contributed by atoms with E-state index in [2.05, 4.69) is 12.2 Å². The third kappa shape index (κ3) is 1.75. The Bertz CT molecular complexity index is 159. The van der Waals surface area contributed by atoms with Crippen molar-refractivity contribution in [2.24, 2.45) is 11.3 Å². The van der Waals surface area contributed by atoms with E-state index >= 15 is 0 Å². The van der Waals surface area contributed by atoms with Crippen molar-refractivity contribution in [1.82, 2.24) is 5.32 Å². The summed E-state index contributed by atoms with van der Waals surface area (Å²) in [5.74, 6) is 0.953. The molecule has 0 bridgehead atoms. The van der Waals surface area contributed by atoms with Crippen LogP contribution in [0.2, 0.25) is 0 Å². The van der Waals surface area contributed by atoms with E-state index in [1.165, 1.54) is 32.2 Å². The zero-order chi connectivity index (χ0) is 9.15. The molecular formula is C11H21NO. The fourth-order valence-electron chi connectivity index (χ4n) is 2.62. The molecule has 1 saturated carbocycles. The smallest absolute Gasteiger partial charge is 0.0538 e. The van der Waals surface area contributed by atoms with Crippen molar-refractivity contribution in [3.8, 4) is 0 Å². The molecule has 1 saturated heterocycles. The van der Waals surface area contributed by atoms with Crippen LogP contribution in [0.15, 0.2) is 0 Å². The van der Waals surface area contributed by atoms with Crippen molar-refractivity contribution in [2.45, 2.75) is 32.6 Å². The van der Waals surface area contributed by atoms with Crippen molar-refractivity contribution in [3.05, 3.63) is 0 Å². The topological polar surface area (TPSA) is 21.3 Å². The molecular weight excluding hydrogens is 162 g/mol. The van der Waals surface area contributed by atoms with E-state index in [1.54, 1.807) is 0 Å². The molecule has 1 heterocycles. The van der Waals surface area contributed by atoms with Gasteiger partial charge in [0.05, 0.1) is 6.61 Å². The fraction of sp³-hybridized carbons (Fsp3) is 1.00. The van der Waals surface area contributed by atoms with Gasteiger partial charge in [-0.15, -0.1) is 0 Å². The second kappa shape index (κ2) is 3.97. The first kappa shape index (κ1) is 9.47. The monoisotopic (exact) mass is 183 g/mol. The molecule has 1 atom stereocenters. The van der Waals surface area contributed by atoms with Crippen LogP contribution in [0.1, 0.15) is 32.6 Å². The highest BCUT2D eigenvalue weighted by Crippen LogP contribution is 2.46. The molecule has 0 radical (unpaired) electrons. The van der Waals surface area contributed by atoms with Crippen molar-refractivity contribution < 1.29 is 4.74 Å². The summed E-state index contributed by atoms with van der Waals surface area (Å²) in [6, 6.07) is 0. The molecule has 76 valence electrons. The first-order valence-electron chi connectivity index (χ1n) is 5.66. The molecule has 0 aromatic heterocycles. The van der Waals surface area contributed by atoms with Crippen LogP contribution in [-0.2, 0) is 4.74 Å². The van der Waals surface area contributed by atoms with Crippen LogP contribution < -0.4 is 5.32 Å². The molecule has 0 spiro atoms. The lowest BCUT2D eigenvalue weighted by Gasteiger charge is -2.42. The highest BCUT2D eigenvalue weighted by Gasteiger charge is 2.44. The summed E-state index contributed by atoms with van der Waals surface area (Å²) in [6.07, 6.45) is 5.60. The van der Waals surface area contributed by atoms with Gasteiger partial charge in [0.2, 0.25) is 0 Å². The average Bonchev–Trinajstić information content (AvgIpc) is 2.47. The van der Waals surface area contributed by atoms with Crippen LogP contribution in [-0.4, -0.2) is 26.3 Å². The summed E-state index contributed by atoms with van der Waals surface area (Å²) in [5, 5.41) is 3.50. The molecule has 2 aliphatic rings. The Kier molecular flexibility index (Phi) is 2.89. The quantitative estimate of drug-likeness (QED) is 0.717. The number of nitrogens with one attached hydrogen (secondary N) is 1. The molecule has 0 amide bonds. The summed E-state index contributed by atoms with van der Waals surface area (Å²) < 4.78 is 5.57. The lowest BCUT2D eigenvalue weighted by molar-refractivity contribution is 0.0600. The molecule has 2 rings (SSSR count). The summed E-state index contributed by atoms with van der Waals surface area (Å²) >= 11 is 0. The zero-order valence-corrected chi connectivity index (χ0v) is 8.64. The van der Waals surface area contributed by atoms with Gasteiger partial charge in [0.1, 0.15) is 0 Å². The largest absolute Gasteiger partial charge is 0.381 e. The van der Waals surface area contributed by atoms with E-state index in [9.17, 15) is 0 Å². The Morgan fingerprint density at radius 3 is 2.77 bits per heavy atom. The van der Waals surface area contributed by atoms with Crippen LogP contribution in [0.25, 0.3) is 0 Å². The van der Waals surface area contributed by atoms with Gasteiger partial charge in [-0.05, 0) is 31.7 Å². The first-order chi connectivity index (χ1) is 6.37. The summed E-state index contributed by atoms with van der Waals surface area (Å²) in [4.78, 5) is 0. The maximum absolute atomic E-state index is 5.57. The zero-order valence-electron chi connectivity index (χ0n) is 8.64. The van der Waals surface area contributed by atoms with Gasteiger partial charge in [-0.25, -0.2) is 0 Å². The normalized spacial score (nSPS) is 34.8. The van der Waals surface area contributed by atoms with Crippen molar-refractivity contribution in [2.75, 3.05) is 26.3 Å². The Morgan fingerprint density at radius 1 is 1.46 bits per heavy atom. The van der Waals surface area contributed by atoms with Gasteiger partial charge >= 0.3 is 0 Å². The third-order valence-corrected chi connectivity index (χ3v) is 3.83. The lowest BCUT2D eigenvalue weighted by Crippen LogP contribution is -2.43. The van der Waals surface area contributed by atoms with Crippen LogP contribution in [0.5, 0.6) is 0 Å². The maximum atomic E-state index is 5.57. The van der Waals surface area contributed by atoms with Gasteiger partial charge in [-0.2, -0.15) is 0 Å². The van der Waals surface area contributed by atoms with E-state index in [1.807, 2.05) is 0 Å². The SMILES string of the molecule is CCNCC1(C2CCC2)CCOC1. The fourth-order valence-corrected chi connectivity index (χ4v) is 2.62. The van der Waals surface area contributed by atoms with Gasteiger partial charge < -0.3 is 10.1 Å². The van der Waals surface area contributed by atoms with Gasteiger partial charge in [0.25, 0.3) is 0 Å². The van der Waals surface area contributed by atoms with Crippen LogP contribution in [0.3, 0.4) is 0 Å². The molecule has 0 aromatic carbocycles. The van der Waals surface area contributed by atoms with Crippen LogP contribution in [0, 0.1) is 11.3 Å². The summed E-state index contributed by atoms with van der Waals surface area (Å²) in [7, 11) is 0. The van der Waals surface area contributed by atoms with E-state index in [-0.39, 0.29) is 0 Å². The van der Waals surface area contributed by atoms with E-state index in [0.29, 0.717) is 5.41 Å². The molecule has 2 nitrogen and oxygen atoms in total. The predicted molar refractivity (Wildman–Crippen MR) is 53.8 cm³/mol. The number of hydrogen-bond donors (Lipinski definition) is 1. The molecule has 0 aromatic rings.